The summed E-state index contributed by atoms with van der Waals surface area (Å²) in [6, 6.07) is 4.80. The monoisotopic (exact) mass is 280 g/mol. The van der Waals surface area contributed by atoms with E-state index in [4.69, 9.17) is 0 Å². The van der Waals surface area contributed by atoms with E-state index in [1.807, 2.05) is 6.92 Å². The molecule has 20 heavy (non-hydrogen) atoms. The van der Waals surface area contributed by atoms with E-state index in [1.54, 1.807) is 12.1 Å². The average Bonchev–Trinajstić information content (AvgIpc) is 2.59. The maximum absolute atomic E-state index is 10.9. The molecule has 0 radical (unpaired) electrons. The summed E-state index contributed by atoms with van der Waals surface area (Å²) in [6.45, 7) is 3.00. The van der Waals surface area contributed by atoms with E-state index in [9.17, 15) is 20.3 Å². The summed E-state index contributed by atoms with van der Waals surface area (Å²) in [5.74, 6) is 0. The van der Waals surface area contributed by atoms with Gasteiger partial charge in [0.25, 0.3) is 5.69 Å². The Labute approximate surface area is 117 Å². The van der Waals surface area contributed by atoms with Gasteiger partial charge in [0.1, 0.15) is 0 Å². The zero-order chi connectivity index (χ0) is 14.8. The first-order chi connectivity index (χ1) is 9.43. The quantitative estimate of drug-likeness (QED) is 0.651. The molecule has 0 amide bonds. The van der Waals surface area contributed by atoms with Gasteiger partial charge in [-0.2, -0.15) is 0 Å². The number of nitrogens with zero attached hydrogens (tertiary/aromatic N) is 2. The summed E-state index contributed by atoms with van der Waals surface area (Å²) in [6.07, 6.45) is 2.29. The van der Waals surface area contributed by atoms with Gasteiger partial charge in [-0.15, -0.1) is 0 Å². The lowest BCUT2D eigenvalue weighted by Crippen LogP contribution is -2.28. The maximum atomic E-state index is 10.9. The Kier molecular flexibility index (Phi) is 4.25. The topological polar surface area (TPSA) is 86.8 Å². The van der Waals surface area contributed by atoms with Gasteiger partial charge >= 0.3 is 0 Å². The van der Waals surface area contributed by atoms with Crippen molar-refractivity contribution in [2.24, 2.45) is 0 Å². The number of hydrogen-bond donors (Lipinski definition) is 2. The van der Waals surface area contributed by atoms with Crippen LogP contribution >= 0.6 is 0 Å². The van der Waals surface area contributed by atoms with E-state index < -0.39 is 10.5 Å². The summed E-state index contributed by atoms with van der Waals surface area (Å²) in [7, 11) is 0. The summed E-state index contributed by atoms with van der Waals surface area (Å²) >= 11 is 0. The van der Waals surface area contributed by atoms with Crippen molar-refractivity contribution in [1.29, 1.82) is 0 Å². The van der Waals surface area contributed by atoms with E-state index in [0.29, 0.717) is 18.5 Å². The van der Waals surface area contributed by atoms with Gasteiger partial charge in [-0.05, 0) is 38.3 Å². The molecule has 2 N–H and O–H groups in total. The second kappa shape index (κ2) is 5.76. The number of aliphatic hydroxyl groups excluding tert-OH is 1. The van der Waals surface area contributed by atoms with Crippen molar-refractivity contribution in [2.45, 2.75) is 38.4 Å². The first-order valence-corrected chi connectivity index (χ1v) is 6.78. The Morgan fingerprint density at radius 1 is 1.40 bits per heavy atom. The van der Waals surface area contributed by atoms with E-state index in [0.717, 1.165) is 25.1 Å². The Balaban J connectivity index is 2.22. The molecule has 0 saturated carbocycles. The number of hydrogen-bond acceptors (Lipinski definition) is 5. The third-order valence-corrected chi connectivity index (χ3v) is 3.86. The number of benzene rings is 1. The maximum Gasteiger partial charge on any atom is 0.275 e. The third kappa shape index (κ3) is 3.26. The van der Waals surface area contributed by atoms with Crippen molar-refractivity contribution >= 4 is 11.4 Å². The van der Waals surface area contributed by atoms with Crippen LogP contribution < -0.4 is 4.90 Å². The van der Waals surface area contributed by atoms with E-state index >= 15 is 0 Å². The molecule has 6 nitrogen and oxygen atoms in total. The number of nitro groups is 1. The Hall–Kier alpha value is -1.66. The van der Waals surface area contributed by atoms with Crippen molar-refractivity contribution < 1.29 is 15.1 Å². The van der Waals surface area contributed by atoms with Crippen LogP contribution in [0.2, 0.25) is 0 Å². The molecule has 1 unspecified atom stereocenters. The first-order valence-electron chi connectivity index (χ1n) is 6.78. The molecule has 0 aromatic heterocycles. The predicted octanol–water partition coefficient (Wildman–Crippen LogP) is 1.83. The minimum Gasteiger partial charge on any atom is -0.391 e. The van der Waals surface area contributed by atoms with Gasteiger partial charge in [0, 0.05) is 24.8 Å². The molecule has 1 aliphatic rings. The lowest BCUT2D eigenvalue weighted by atomic mass is 9.98. The van der Waals surface area contributed by atoms with E-state index in [2.05, 4.69) is 4.90 Å². The minimum absolute atomic E-state index is 0.0573. The molecule has 1 aromatic carbocycles. The minimum atomic E-state index is -0.644. The third-order valence-electron chi connectivity index (χ3n) is 3.86. The molecule has 1 saturated heterocycles. The van der Waals surface area contributed by atoms with Gasteiger partial charge in [0.2, 0.25) is 0 Å². The van der Waals surface area contributed by atoms with Gasteiger partial charge in [-0.25, -0.2) is 0 Å². The molecule has 0 bridgehead atoms. The lowest BCUT2D eigenvalue weighted by Gasteiger charge is -2.24. The van der Waals surface area contributed by atoms with Crippen LogP contribution in [-0.4, -0.2) is 33.8 Å². The van der Waals surface area contributed by atoms with Gasteiger partial charge in [0.05, 0.1) is 22.7 Å². The fraction of sp³-hybridized carbons (Fsp3) is 0.571. The van der Waals surface area contributed by atoms with Gasteiger partial charge in [-0.1, -0.05) is 0 Å². The van der Waals surface area contributed by atoms with Gasteiger partial charge in [0.15, 0.2) is 0 Å². The molecule has 0 spiro atoms. The highest BCUT2D eigenvalue weighted by Gasteiger charge is 2.25. The smallest absolute Gasteiger partial charge is 0.275 e. The standard InChI is InChI=1S/C14H20N2O4/c1-14(18)5-2-7-15(8-6-14)12-3-4-13(16(19)20)11(9-12)10-17/h3-4,9,17-18H,2,5-8,10H2,1H3. The van der Waals surface area contributed by atoms with E-state index in [1.165, 1.54) is 6.07 Å². The normalized spacial score (nSPS) is 23.4. The average molecular weight is 280 g/mol. The number of aliphatic hydroxyl groups is 2. The van der Waals surface area contributed by atoms with Crippen molar-refractivity contribution in [3.63, 3.8) is 0 Å². The Bertz CT molecular complexity index is 502. The first kappa shape index (κ1) is 14.7. The van der Waals surface area contributed by atoms with Gasteiger partial charge in [-0.3, -0.25) is 10.1 Å². The SMILES string of the molecule is CC1(O)CCCN(c2ccc([N+](=O)[O-])c(CO)c2)CC1. The zero-order valence-corrected chi connectivity index (χ0v) is 11.6. The number of nitro benzene ring substituents is 1. The fourth-order valence-electron chi connectivity index (χ4n) is 2.59. The van der Waals surface area contributed by atoms with Crippen LogP contribution in [0.25, 0.3) is 0 Å². The molecule has 1 fully saturated rings. The lowest BCUT2D eigenvalue weighted by molar-refractivity contribution is -0.385. The van der Waals surface area contributed by atoms with Crippen LogP contribution in [0, 0.1) is 10.1 Å². The second-order valence-corrected chi connectivity index (χ2v) is 5.57. The van der Waals surface area contributed by atoms with Crippen molar-refractivity contribution in [1.82, 2.24) is 0 Å². The molecule has 1 heterocycles. The van der Waals surface area contributed by atoms with Crippen molar-refractivity contribution in [2.75, 3.05) is 18.0 Å². The van der Waals surface area contributed by atoms with Crippen LogP contribution in [0.15, 0.2) is 18.2 Å². The van der Waals surface area contributed by atoms with Crippen LogP contribution in [0.4, 0.5) is 11.4 Å². The molecular formula is C14H20N2O4. The molecule has 0 aliphatic carbocycles. The molecule has 110 valence electrons. The predicted molar refractivity (Wildman–Crippen MR) is 75.7 cm³/mol. The molecule has 1 atom stereocenters. The van der Waals surface area contributed by atoms with Crippen molar-refractivity contribution in [3.05, 3.63) is 33.9 Å². The van der Waals surface area contributed by atoms with Gasteiger partial charge < -0.3 is 15.1 Å². The van der Waals surface area contributed by atoms with Crippen LogP contribution in [-0.2, 0) is 6.61 Å². The van der Waals surface area contributed by atoms with E-state index in [-0.39, 0.29) is 12.3 Å². The summed E-state index contributed by atoms with van der Waals surface area (Å²) in [5, 5.41) is 30.2. The second-order valence-electron chi connectivity index (χ2n) is 5.57. The Morgan fingerprint density at radius 3 is 2.80 bits per heavy atom. The molecule has 6 heteroatoms. The number of anilines is 1. The molecule has 2 rings (SSSR count). The highest BCUT2D eigenvalue weighted by Crippen LogP contribution is 2.29. The highest BCUT2D eigenvalue weighted by molar-refractivity contribution is 5.55. The molecular weight excluding hydrogens is 260 g/mol. The molecule has 1 aromatic rings. The highest BCUT2D eigenvalue weighted by atomic mass is 16.6. The summed E-state index contributed by atoms with van der Waals surface area (Å²) in [5.41, 5.74) is 0.480. The summed E-state index contributed by atoms with van der Waals surface area (Å²) < 4.78 is 0. The van der Waals surface area contributed by atoms with Crippen LogP contribution in [0.3, 0.4) is 0 Å². The Morgan fingerprint density at radius 2 is 2.15 bits per heavy atom. The summed E-state index contributed by atoms with van der Waals surface area (Å²) in [4.78, 5) is 12.5. The molecule has 1 aliphatic heterocycles. The van der Waals surface area contributed by atoms with Crippen molar-refractivity contribution in [3.8, 4) is 0 Å². The largest absolute Gasteiger partial charge is 0.391 e. The number of rotatable bonds is 3. The fourth-order valence-corrected chi connectivity index (χ4v) is 2.59. The van der Waals surface area contributed by atoms with Crippen LogP contribution in [0.5, 0.6) is 0 Å². The van der Waals surface area contributed by atoms with Crippen LogP contribution in [0.1, 0.15) is 31.7 Å². The zero-order valence-electron chi connectivity index (χ0n) is 11.6.